The van der Waals surface area contributed by atoms with Crippen LogP contribution in [0.2, 0.25) is 5.02 Å². The minimum absolute atomic E-state index is 0.192. The molecule has 2 aliphatic rings. The second-order valence-electron chi connectivity index (χ2n) is 8.28. The van der Waals surface area contributed by atoms with Gasteiger partial charge < -0.3 is 4.90 Å². The Labute approximate surface area is 172 Å². The number of rotatable bonds is 5. The Balaban J connectivity index is 1.23. The van der Waals surface area contributed by atoms with Crippen LogP contribution in [0.25, 0.3) is 0 Å². The monoisotopic (exact) mass is 400 g/mol. The Morgan fingerprint density at radius 3 is 2.46 bits per heavy atom. The number of hydrogen-bond acceptors (Lipinski definition) is 3. The van der Waals surface area contributed by atoms with Gasteiger partial charge in [0.1, 0.15) is 6.54 Å². The summed E-state index contributed by atoms with van der Waals surface area (Å²) in [6.45, 7) is 7.43. The molecule has 2 aliphatic heterocycles. The lowest BCUT2D eigenvalue weighted by Gasteiger charge is -2.35. The van der Waals surface area contributed by atoms with Crippen molar-refractivity contribution >= 4 is 17.5 Å². The van der Waals surface area contributed by atoms with E-state index in [-0.39, 0.29) is 5.91 Å². The summed E-state index contributed by atoms with van der Waals surface area (Å²) < 4.78 is 1.75. The topological polar surface area (TPSA) is 41.4 Å². The van der Waals surface area contributed by atoms with Gasteiger partial charge in [-0.1, -0.05) is 23.7 Å². The van der Waals surface area contributed by atoms with E-state index in [0.717, 1.165) is 55.0 Å². The molecule has 0 aliphatic carbocycles. The highest BCUT2D eigenvalue weighted by atomic mass is 35.5. The highest BCUT2D eigenvalue weighted by Crippen LogP contribution is 2.32. The van der Waals surface area contributed by atoms with Crippen LogP contribution in [0.5, 0.6) is 0 Å². The van der Waals surface area contributed by atoms with Crippen LogP contribution in [-0.4, -0.2) is 51.7 Å². The molecule has 4 rings (SSSR count). The van der Waals surface area contributed by atoms with Crippen LogP contribution in [-0.2, 0) is 17.9 Å². The first-order valence-corrected chi connectivity index (χ1v) is 10.7. The summed E-state index contributed by atoms with van der Waals surface area (Å²) in [6, 6.07) is 10.1. The van der Waals surface area contributed by atoms with Crippen LogP contribution >= 0.6 is 11.6 Å². The van der Waals surface area contributed by atoms with E-state index in [9.17, 15) is 4.79 Å². The molecule has 1 aromatic carbocycles. The van der Waals surface area contributed by atoms with Crippen molar-refractivity contribution in [3.63, 3.8) is 0 Å². The molecule has 2 fully saturated rings. The molecule has 0 spiro atoms. The molecule has 1 atom stereocenters. The van der Waals surface area contributed by atoms with Gasteiger partial charge in [-0.15, -0.1) is 0 Å². The number of carbonyl (C=O) groups excluding carboxylic acids is 1. The number of aryl methyl sites for hydroxylation is 1. The SMILES string of the molecule is Cc1ccn(CC(=O)N2CCC(C3CCN(Cc4ccc(Cl)cc4)C3)CC2)n1. The van der Waals surface area contributed by atoms with E-state index in [0.29, 0.717) is 6.54 Å². The molecule has 3 heterocycles. The third kappa shape index (κ3) is 4.76. The van der Waals surface area contributed by atoms with E-state index in [1.807, 2.05) is 36.2 Å². The van der Waals surface area contributed by atoms with Crippen molar-refractivity contribution in [2.45, 2.75) is 39.3 Å². The van der Waals surface area contributed by atoms with E-state index in [2.05, 4.69) is 22.1 Å². The average Bonchev–Trinajstić information content (AvgIpc) is 3.33. The minimum Gasteiger partial charge on any atom is -0.341 e. The minimum atomic E-state index is 0.192. The zero-order valence-corrected chi connectivity index (χ0v) is 17.3. The predicted octanol–water partition coefficient (Wildman–Crippen LogP) is 3.61. The molecule has 0 saturated carbocycles. The molecule has 28 heavy (non-hydrogen) atoms. The van der Waals surface area contributed by atoms with Crippen molar-refractivity contribution in [2.75, 3.05) is 26.2 Å². The Hall–Kier alpha value is -1.85. The maximum atomic E-state index is 12.5. The van der Waals surface area contributed by atoms with Crippen molar-refractivity contribution in [3.05, 3.63) is 52.8 Å². The third-order valence-electron chi connectivity index (χ3n) is 6.26. The smallest absolute Gasteiger partial charge is 0.244 e. The lowest BCUT2D eigenvalue weighted by molar-refractivity contribution is -0.133. The van der Waals surface area contributed by atoms with E-state index in [1.165, 1.54) is 25.1 Å². The molecule has 0 N–H and O–H groups in total. The number of amides is 1. The standard InChI is InChI=1S/C22H29ClN4O/c1-17-6-13-27(24-17)16-22(28)26-11-8-19(9-12-26)20-7-10-25(15-20)14-18-2-4-21(23)5-3-18/h2-6,13,19-20H,7-12,14-16H2,1H3. The Morgan fingerprint density at radius 2 is 1.79 bits per heavy atom. The van der Waals surface area contributed by atoms with Gasteiger partial charge >= 0.3 is 0 Å². The lowest BCUT2D eigenvalue weighted by atomic mass is 9.84. The van der Waals surface area contributed by atoms with Crippen molar-refractivity contribution in [1.29, 1.82) is 0 Å². The summed E-state index contributed by atoms with van der Waals surface area (Å²) in [4.78, 5) is 17.1. The largest absolute Gasteiger partial charge is 0.341 e. The zero-order chi connectivity index (χ0) is 19.5. The molecule has 2 saturated heterocycles. The molecule has 6 heteroatoms. The number of hydrogen-bond donors (Lipinski definition) is 0. The molecule has 0 bridgehead atoms. The number of piperidine rings is 1. The van der Waals surface area contributed by atoms with Crippen molar-refractivity contribution in [1.82, 2.24) is 19.6 Å². The first kappa shape index (κ1) is 19.5. The van der Waals surface area contributed by atoms with Crippen molar-refractivity contribution in [2.24, 2.45) is 11.8 Å². The van der Waals surface area contributed by atoms with Gasteiger partial charge in [0.05, 0.1) is 5.69 Å². The van der Waals surface area contributed by atoms with Crippen LogP contribution in [0.15, 0.2) is 36.5 Å². The zero-order valence-electron chi connectivity index (χ0n) is 16.6. The van der Waals surface area contributed by atoms with Gasteiger partial charge in [0.25, 0.3) is 0 Å². The van der Waals surface area contributed by atoms with Gasteiger partial charge in [0.15, 0.2) is 0 Å². The van der Waals surface area contributed by atoms with Crippen LogP contribution in [0.1, 0.15) is 30.5 Å². The number of halogens is 1. The number of likely N-dealkylation sites (tertiary alicyclic amines) is 2. The van der Waals surface area contributed by atoms with Crippen LogP contribution in [0.4, 0.5) is 0 Å². The molecule has 1 aromatic heterocycles. The van der Waals surface area contributed by atoms with Gasteiger partial charge in [0.2, 0.25) is 5.91 Å². The van der Waals surface area contributed by atoms with E-state index >= 15 is 0 Å². The Kier molecular flexibility index (Phi) is 6.02. The summed E-state index contributed by atoms with van der Waals surface area (Å²) in [5, 5.41) is 5.13. The summed E-state index contributed by atoms with van der Waals surface area (Å²) in [5.41, 5.74) is 2.29. The van der Waals surface area contributed by atoms with Crippen LogP contribution < -0.4 is 0 Å². The summed E-state index contributed by atoms with van der Waals surface area (Å²) in [6.07, 6.45) is 5.42. The fraction of sp³-hybridized carbons (Fsp3) is 0.545. The second kappa shape index (κ2) is 8.66. The molecular weight excluding hydrogens is 372 g/mol. The number of carbonyl (C=O) groups is 1. The maximum Gasteiger partial charge on any atom is 0.244 e. The first-order chi connectivity index (χ1) is 13.6. The summed E-state index contributed by atoms with van der Waals surface area (Å²) in [7, 11) is 0. The van der Waals surface area contributed by atoms with E-state index in [4.69, 9.17) is 11.6 Å². The molecule has 1 unspecified atom stereocenters. The first-order valence-electron chi connectivity index (χ1n) is 10.3. The van der Waals surface area contributed by atoms with Gasteiger partial charge in [-0.2, -0.15) is 5.10 Å². The lowest BCUT2D eigenvalue weighted by Crippen LogP contribution is -2.42. The Bertz CT molecular complexity index is 795. The van der Waals surface area contributed by atoms with Crippen molar-refractivity contribution in [3.8, 4) is 0 Å². The van der Waals surface area contributed by atoms with Crippen LogP contribution in [0.3, 0.4) is 0 Å². The second-order valence-corrected chi connectivity index (χ2v) is 8.72. The third-order valence-corrected chi connectivity index (χ3v) is 6.51. The fourth-order valence-corrected chi connectivity index (χ4v) is 4.78. The summed E-state index contributed by atoms with van der Waals surface area (Å²) in [5.74, 6) is 1.70. The molecule has 2 aromatic rings. The fourth-order valence-electron chi connectivity index (χ4n) is 4.65. The van der Waals surface area contributed by atoms with Gasteiger partial charge in [0, 0.05) is 37.4 Å². The molecule has 5 nitrogen and oxygen atoms in total. The molecular formula is C22H29ClN4O. The highest BCUT2D eigenvalue weighted by Gasteiger charge is 2.32. The number of nitrogens with zero attached hydrogens (tertiary/aromatic N) is 4. The summed E-state index contributed by atoms with van der Waals surface area (Å²) >= 11 is 5.99. The van der Waals surface area contributed by atoms with E-state index < -0.39 is 0 Å². The quantitative estimate of drug-likeness (QED) is 0.769. The van der Waals surface area contributed by atoms with Gasteiger partial charge in [-0.3, -0.25) is 14.4 Å². The van der Waals surface area contributed by atoms with E-state index in [1.54, 1.807) is 4.68 Å². The highest BCUT2D eigenvalue weighted by molar-refractivity contribution is 6.30. The van der Waals surface area contributed by atoms with Gasteiger partial charge in [-0.05, 0) is 68.3 Å². The number of aromatic nitrogens is 2. The maximum absolute atomic E-state index is 12.5. The average molecular weight is 401 g/mol. The van der Waals surface area contributed by atoms with Gasteiger partial charge in [-0.25, -0.2) is 0 Å². The Morgan fingerprint density at radius 1 is 1.07 bits per heavy atom. The molecule has 0 radical (unpaired) electrons. The predicted molar refractivity (Wildman–Crippen MR) is 111 cm³/mol. The van der Waals surface area contributed by atoms with Crippen LogP contribution in [0, 0.1) is 18.8 Å². The van der Waals surface area contributed by atoms with Crippen molar-refractivity contribution < 1.29 is 4.79 Å². The number of benzene rings is 1. The molecule has 150 valence electrons. The molecule has 1 amide bonds. The normalized spacial score (nSPS) is 21.4.